The Bertz CT molecular complexity index is 2290. The molecule has 6 nitrogen and oxygen atoms in total. The van der Waals surface area contributed by atoms with Crippen LogP contribution in [0.25, 0.3) is 43.6 Å². The SMILES string of the molecule is OC1C(OCc2ccccc2)CCCC1n1c2ccc(F)cc2c2cc(F)ccc21.O[C@@H]1[C@H](O)CCC[C@H]1n1c2ccc(F)cc2c2cc(F)ccc21. The monoisotopic (exact) mass is 724 g/mol. The molecule has 10 heteroatoms. The first-order valence-corrected chi connectivity index (χ1v) is 18.1. The van der Waals surface area contributed by atoms with Crippen molar-refractivity contribution in [2.45, 2.75) is 81.6 Å². The van der Waals surface area contributed by atoms with Crippen molar-refractivity contribution in [1.82, 2.24) is 9.13 Å². The summed E-state index contributed by atoms with van der Waals surface area (Å²) in [4.78, 5) is 0. The Morgan fingerprint density at radius 3 is 1.38 bits per heavy atom. The summed E-state index contributed by atoms with van der Waals surface area (Å²) in [6.45, 7) is 0.443. The van der Waals surface area contributed by atoms with Crippen LogP contribution >= 0.6 is 0 Å². The second-order valence-corrected chi connectivity index (χ2v) is 14.3. The molecule has 0 saturated heterocycles. The zero-order valence-corrected chi connectivity index (χ0v) is 28.9. The number of nitrogens with zero attached hydrogens (tertiary/aromatic N) is 2. The van der Waals surface area contributed by atoms with Gasteiger partial charge in [0.25, 0.3) is 0 Å². The summed E-state index contributed by atoms with van der Waals surface area (Å²) in [5, 5.41) is 34.2. The number of aliphatic hydroxyl groups is 3. The van der Waals surface area contributed by atoms with Gasteiger partial charge in [0.05, 0.1) is 30.9 Å². The largest absolute Gasteiger partial charge is 0.390 e. The average Bonchev–Trinajstić information content (AvgIpc) is 3.64. The normalized spacial score (nSPS) is 23.5. The van der Waals surface area contributed by atoms with E-state index in [-0.39, 0.29) is 41.5 Å². The van der Waals surface area contributed by atoms with E-state index in [4.69, 9.17) is 4.74 Å². The number of ether oxygens (including phenoxy) is 1. The fourth-order valence-electron chi connectivity index (χ4n) is 8.49. The van der Waals surface area contributed by atoms with Gasteiger partial charge in [0.1, 0.15) is 35.5 Å². The smallest absolute Gasteiger partial charge is 0.123 e. The summed E-state index contributed by atoms with van der Waals surface area (Å²) in [5.41, 5.74) is 4.14. The molecule has 0 aliphatic heterocycles. The van der Waals surface area contributed by atoms with Crippen LogP contribution in [-0.2, 0) is 11.3 Å². The van der Waals surface area contributed by atoms with Gasteiger partial charge in [0.15, 0.2) is 0 Å². The second kappa shape index (κ2) is 14.6. The van der Waals surface area contributed by atoms with Gasteiger partial charge in [0.2, 0.25) is 0 Å². The molecule has 0 bridgehead atoms. The first kappa shape index (κ1) is 35.3. The lowest BCUT2D eigenvalue weighted by Crippen LogP contribution is -2.40. The molecule has 2 aliphatic rings. The van der Waals surface area contributed by atoms with Gasteiger partial charge >= 0.3 is 0 Å². The van der Waals surface area contributed by atoms with Gasteiger partial charge in [-0.2, -0.15) is 0 Å². The predicted octanol–water partition coefficient (Wildman–Crippen LogP) is 9.26. The van der Waals surface area contributed by atoms with E-state index in [9.17, 15) is 32.9 Å². The molecule has 0 amide bonds. The molecular weight excluding hydrogens is 684 g/mol. The molecule has 274 valence electrons. The lowest BCUT2D eigenvalue weighted by atomic mass is 9.89. The number of rotatable bonds is 5. The van der Waals surface area contributed by atoms with Crippen molar-refractivity contribution < 1.29 is 37.6 Å². The van der Waals surface area contributed by atoms with E-state index >= 15 is 0 Å². The van der Waals surface area contributed by atoms with Gasteiger partial charge in [-0.1, -0.05) is 30.3 Å². The predicted molar refractivity (Wildman–Crippen MR) is 198 cm³/mol. The van der Waals surface area contributed by atoms with E-state index in [1.54, 1.807) is 24.3 Å². The molecule has 53 heavy (non-hydrogen) atoms. The van der Waals surface area contributed by atoms with Crippen LogP contribution in [0.4, 0.5) is 17.6 Å². The summed E-state index contributed by atoms with van der Waals surface area (Å²) in [6, 6.07) is 27.3. The van der Waals surface area contributed by atoms with E-state index in [2.05, 4.69) is 0 Å². The van der Waals surface area contributed by atoms with E-state index in [1.165, 1.54) is 48.5 Å². The maximum Gasteiger partial charge on any atom is 0.123 e. The summed E-state index contributed by atoms with van der Waals surface area (Å²) in [5.74, 6) is -1.49. The number of fused-ring (bicyclic) bond motifs is 6. The van der Waals surface area contributed by atoms with E-state index in [1.807, 2.05) is 39.5 Å². The van der Waals surface area contributed by atoms with Crippen molar-refractivity contribution in [3.8, 4) is 0 Å². The Kier molecular flexibility index (Phi) is 9.72. The van der Waals surface area contributed by atoms with Crippen molar-refractivity contribution >= 4 is 43.6 Å². The molecule has 2 saturated carbocycles. The first-order valence-electron chi connectivity index (χ1n) is 18.1. The minimum absolute atomic E-state index is 0.226. The third-order valence-corrected chi connectivity index (χ3v) is 11.0. The maximum absolute atomic E-state index is 13.9. The number of aliphatic hydroxyl groups excluding tert-OH is 3. The van der Waals surface area contributed by atoms with Gasteiger partial charge in [-0.15, -0.1) is 0 Å². The molecule has 2 aromatic heterocycles. The molecule has 2 fully saturated rings. The molecule has 7 aromatic rings. The molecule has 0 spiro atoms. The van der Waals surface area contributed by atoms with Crippen LogP contribution in [0.1, 0.15) is 56.2 Å². The zero-order valence-electron chi connectivity index (χ0n) is 28.9. The molecule has 5 aromatic carbocycles. The summed E-state index contributed by atoms with van der Waals surface area (Å²) in [6.07, 6.45) is 1.87. The van der Waals surface area contributed by atoms with Crippen molar-refractivity contribution in [2.24, 2.45) is 0 Å². The third kappa shape index (κ3) is 6.69. The highest BCUT2D eigenvalue weighted by Crippen LogP contribution is 2.40. The van der Waals surface area contributed by atoms with Crippen LogP contribution < -0.4 is 0 Å². The Labute approximate surface area is 303 Å². The Morgan fingerprint density at radius 1 is 0.509 bits per heavy atom. The minimum Gasteiger partial charge on any atom is -0.390 e. The second-order valence-electron chi connectivity index (χ2n) is 14.3. The molecule has 9 rings (SSSR count). The Balaban J connectivity index is 0.000000156. The molecule has 6 atom stereocenters. The molecular formula is C43H40F4N2O4. The number of benzene rings is 5. The topological polar surface area (TPSA) is 79.8 Å². The lowest BCUT2D eigenvalue weighted by molar-refractivity contribution is -0.0858. The van der Waals surface area contributed by atoms with Crippen molar-refractivity contribution in [3.05, 3.63) is 132 Å². The Morgan fingerprint density at radius 2 is 0.925 bits per heavy atom. The van der Waals surface area contributed by atoms with Gasteiger partial charge in [-0.25, -0.2) is 17.6 Å². The number of hydrogen-bond donors (Lipinski definition) is 3. The zero-order chi connectivity index (χ0) is 36.8. The number of halogens is 4. The fourth-order valence-corrected chi connectivity index (χ4v) is 8.49. The highest BCUT2D eigenvalue weighted by atomic mass is 19.1. The quantitative estimate of drug-likeness (QED) is 0.155. The van der Waals surface area contributed by atoms with Crippen molar-refractivity contribution in [1.29, 1.82) is 0 Å². The van der Waals surface area contributed by atoms with Crippen LogP contribution in [0.5, 0.6) is 0 Å². The van der Waals surface area contributed by atoms with Crippen LogP contribution in [0.15, 0.2) is 103 Å². The molecule has 3 N–H and O–H groups in total. The number of aromatic nitrogens is 2. The average molecular weight is 725 g/mol. The standard InChI is InChI=1S/C25H23F2NO2.C18H17F2NO2/c26-17-9-11-21-19(13-17)20-14-18(27)10-12-22(20)28(21)23-7-4-8-24(25(23)29)30-15-16-5-2-1-3-6-16;19-10-4-6-14-12(8-10)13-9-11(20)5-7-15(13)21(14)16-2-1-3-17(22)18(16)23/h1-3,5-6,9-14,23-25,29H,4,7-8,15H2;4-9,16-18,22-23H,1-3H2/t;16-,17-,18+/m.1/s1. The highest BCUT2D eigenvalue weighted by Gasteiger charge is 2.36. The van der Waals surface area contributed by atoms with Crippen LogP contribution in [0.3, 0.4) is 0 Å². The van der Waals surface area contributed by atoms with Crippen LogP contribution in [0, 0.1) is 23.3 Å². The Hall–Kier alpha value is -4.74. The molecule has 3 unspecified atom stereocenters. The molecule has 2 aliphatic carbocycles. The van der Waals surface area contributed by atoms with E-state index in [0.29, 0.717) is 41.0 Å². The highest BCUT2D eigenvalue weighted by molar-refractivity contribution is 6.09. The van der Waals surface area contributed by atoms with Crippen molar-refractivity contribution in [3.63, 3.8) is 0 Å². The summed E-state index contributed by atoms with van der Waals surface area (Å²) < 4.78 is 65.3. The van der Waals surface area contributed by atoms with Gasteiger partial charge in [-0.3, -0.25) is 0 Å². The van der Waals surface area contributed by atoms with Crippen molar-refractivity contribution in [2.75, 3.05) is 0 Å². The van der Waals surface area contributed by atoms with E-state index in [0.717, 1.165) is 53.3 Å². The van der Waals surface area contributed by atoms with E-state index < -0.39 is 18.3 Å². The summed E-state index contributed by atoms with van der Waals surface area (Å²) >= 11 is 0. The number of hydrogen-bond acceptors (Lipinski definition) is 4. The lowest BCUT2D eigenvalue weighted by Gasteiger charge is -2.36. The van der Waals surface area contributed by atoms with Crippen LogP contribution in [0.2, 0.25) is 0 Å². The first-order chi connectivity index (χ1) is 25.7. The van der Waals surface area contributed by atoms with Gasteiger partial charge < -0.3 is 29.2 Å². The fraction of sp³-hybridized carbons (Fsp3) is 0.302. The summed E-state index contributed by atoms with van der Waals surface area (Å²) in [7, 11) is 0. The third-order valence-electron chi connectivity index (χ3n) is 11.0. The molecule has 0 radical (unpaired) electrons. The minimum atomic E-state index is -0.891. The van der Waals surface area contributed by atoms with Crippen LogP contribution in [-0.4, -0.2) is 48.9 Å². The molecule has 2 heterocycles. The van der Waals surface area contributed by atoms with Gasteiger partial charge in [0, 0.05) is 43.6 Å². The van der Waals surface area contributed by atoms with Gasteiger partial charge in [-0.05, 0) is 117 Å². The maximum atomic E-state index is 13.9.